The van der Waals surface area contributed by atoms with Gasteiger partial charge in [-0.2, -0.15) is 0 Å². The molecule has 20 heavy (non-hydrogen) atoms. The van der Waals surface area contributed by atoms with Gasteiger partial charge in [-0.25, -0.2) is 9.37 Å². The summed E-state index contributed by atoms with van der Waals surface area (Å²) in [5.41, 5.74) is 1.15. The zero-order valence-electron chi connectivity index (χ0n) is 10.1. The Morgan fingerprint density at radius 1 is 1.15 bits per heavy atom. The second-order valence-electron chi connectivity index (χ2n) is 4.30. The molecule has 0 aliphatic carbocycles. The summed E-state index contributed by atoms with van der Waals surface area (Å²) in [6, 6.07) is 5.46. The van der Waals surface area contributed by atoms with Crippen LogP contribution in [0.1, 0.15) is 17.2 Å². The summed E-state index contributed by atoms with van der Waals surface area (Å²) in [6.45, 7) is 0. The lowest BCUT2D eigenvalue weighted by Crippen LogP contribution is -2.05. The minimum absolute atomic E-state index is 0.254. The predicted molar refractivity (Wildman–Crippen MR) is 75.7 cm³/mol. The van der Waals surface area contributed by atoms with Crippen molar-refractivity contribution in [2.24, 2.45) is 0 Å². The third-order valence-corrected chi connectivity index (χ3v) is 3.75. The standard InChI is InChI=1S/C14H9Cl2FN2O/c15-10-2-1-8(17)7-9(10)13(20)12-11(16)3-5-19-6-4-18-14(12)19/h1-7,13,20H. The van der Waals surface area contributed by atoms with Gasteiger partial charge in [-0.15, -0.1) is 0 Å². The molecule has 3 aromatic rings. The van der Waals surface area contributed by atoms with E-state index < -0.39 is 11.9 Å². The van der Waals surface area contributed by atoms with E-state index in [1.807, 2.05) is 0 Å². The fourth-order valence-electron chi connectivity index (χ4n) is 2.12. The Morgan fingerprint density at radius 3 is 2.75 bits per heavy atom. The lowest BCUT2D eigenvalue weighted by atomic mass is 10.0. The topological polar surface area (TPSA) is 37.5 Å². The highest BCUT2D eigenvalue weighted by Crippen LogP contribution is 2.34. The normalized spacial score (nSPS) is 12.8. The van der Waals surface area contributed by atoms with Gasteiger partial charge in [0.25, 0.3) is 0 Å². The van der Waals surface area contributed by atoms with Crippen LogP contribution in [-0.4, -0.2) is 14.5 Å². The quantitative estimate of drug-likeness (QED) is 0.780. The number of fused-ring (bicyclic) bond motifs is 1. The molecule has 0 aliphatic heterocycles. The van der Waals surface area contributed by atoms with Gasteiger partial charge in [0.05, 0.1) is 5.02 Å². The molecule has 3 nitrogen and oxygen atoms in total. The second-order valence-corrected chi connectivity index (χ2v) is 5.12. The van der Waals surface area contributed by atoms with Crippen LogP contribution in [0.15, 0.2) is 42.9 Å². The van der Waals surface area contributed by atoms with Crippen LogP contribution in [0.25, 0.3) is 5.65 Å². The molecule has 3 rings (SSSR count). The van der Waals surface area contributed by atoms with Crippen LogP contribution >= 0.6 is 23.2 Å². The van der Waals surface area contributed by atoms with Gasteiger partial charge in [-0.1, -0.05) is 23.2 Å². The van der Waals surface area contributed by atoms with E-state index in [-0.39, 0.29) is 10.6 Å². The fraction of sp³-hybridized carbons (Fsp3) is 0.0714. The Bertz CT molecular complexity index is 788. The Morgan fingerprint density at radius 2 is 1.95 bits per heavy atom. The molecule has 0 saturated heterocycles. The van der Waals surface area contributed by atoms with Gasteiger partial charge in [0, 0.05) is 34.7 Å². The Kier molecular flexibility index (Phi) is 3.38. The molecular weight excluding hydrogens is 302 g/mol. The first-order valence-corrected chi connectivity index (χ1v) is 6.57. The van der Waals surface area contributed by atoms with Gasteiger partial charge < -0.3 is 9.51 Å². The molecule has 1 atom stereocenters. The van der Waals surface area contributed by atoms with Crippen molar-refractivity contribution < 1.29 is 9.50 Å². The molecule has 0 spiro atoms. The molecule has 1 N–H and O–H groups in total. The molecule has 1 aromatic carbocycles. The zero-order valence-corrected chi connectivity index (χ0v) is 11.6. The van der Waals surface area contributed by atoms with E-state index in [0.717, 1.165) is 0 Å². The van der Waals surface area contributed by atoms with E-state index in [1.54, 1.807) is 29.1 Å². The number of aliphatic hydroxyl groups is 1. The lowest BCUT2D eigenvalue weighted by Gasteiger charge is -2.15. The lowest BCUT2D eigenvalue weighted by molar-refractivity contribution is 0.221. The van der Waals surface area contributed by atoms with Crippen molar-refractivity contribution in [2.75, 3.05) is 0 Å². The first-order valence-electron chi connectivity index (χ1n) is 5.82. The Labute approximate surface area is 124 Å². The minimum atomic E-state index is -1.16. The molecular formula is C14H9Cl2FN2O. The maximum absolute atomic E-state index is 13.4. The highest BCUT2D eigenvalue weighted by Gasteiger charge is 2.21. The number of imidazole rings is 1. The van der Waals surface area contributed by atoms with E-state index in [9.17, 15) is 9.50 Å². The van der Waals surface area contributed by atoms with Crippen LogP contribution < -0.4 is 0 Å². The van der Waals surface area contributed by atoms with Gasteiger partial charge in [-0.05, 0) is 24.3 Å². The fourth-order valence-corrected chi connectivity index (χ4v) is 2.58. The van der Waals surface area contributed by atoms with Crippen LogP contribution in [0.2, 0.25) is 10.0 Å². The van der Waals surface area contributed by atoms with Crippen molar-refractivity contribution in [1.29, 1.82) is 0 Å². The number of nitrogens with zero attached hydrogens (tertiary/aromatic N) is 2. The van der Waals surface area contributed by atoms with Crippen LogP contribution in [0.3, 0.4) is 0 Å². The van der Waals surface area contributed by atoms with Crippen molar-refractivity contribution in [3.8, 4) is 0 Å². The highest BCUT2D eigenvalue weighted by molar-refractivity contribution is 6.32. The average Bonchev–Trinajstić information content (AvgIpc) is 2.89. The molecule has 0 radical (unpaired) electrons. The number of aliphatic hydroxyl groups excluding tert-OH is 1. The zero-order chi connectivity index (χ0) is 14.3. The first-order chi connectivity index (χ1) is 9.58. The predicted octanol–water partition coefficient (Wildman–Crippen LogP) is 3.86. The van der Waals surface area contributed by atoms with Crippen molar-refractivity contribution >= 4 is 28.8 Å². The van der Waals surface area contributed by atoms with Crippen LogP contribution in [-0.2, 0) is 0 Å². The van der Waals surface area contributed by atoms with Crippen LogP contribution in [0, 0.1) is 5.82 Å². The minimum Gasteiger partial charge on any atom is -0.383 e. The van der Waals surface area contributed by atoms with E-state index in [0.29, 0.717) is 16.2 Å². The molecule has 0 bridgehead atoms. The SMILES string of the molecule is OC(c1cc(F)ccc1Cl)c1c(Cl)ccn2ccnc12. The Balaban J connectivity index is 2.22. The summed E-state index contributed by atoms with van der Waals surface area (Å²) >= 11 is 12.2. The molecule has 1 unspecified atom stereocenters. The number of rotatable bonds is 2. The van der Waals surface area contributed by atoms with Gasteiger partial charge in [-0.3, -0.25) is 0 Å². The second kappa shape index (κ2) is 5.05. The largest absolute Gasteiger partial charge is 0.383 e. The van der Waals surface area contributed by atoms with Crippen molar-refractivity contribution in [1.82, 2.24) is 9.38 Å². The van der Waals surface area contributed by atoms with Crippen LogP contribution in [0.5, 0.6) is 0 Å². The van der Waals surface area contributed by atoms with E-state index in [4.69, 9.17) is 23.2 Å². The monoisotopic (exact) mass is 310 g/mol. The first kappa shape index (κ1) is 13.4. The maximum Gasteiger partial charge on any atom is 0.144 e. The number of benzene rings is 1. The van der Waals surface area contributed by atoms with Crippen LogP contribution in [0.4, 0.5) is 4.39 Å². The van der Waals surface area contributed by atoms with E-state index in [2.05, 4.69) is 4.98 Å². The van der Waals surface area contributed by atoms with Crippen molar-refractivity contribution in [3.05, 3.63) is 69.8 Å². The summed E-state index contributed by atoms with van der Waals surface area (Å²) in [5, 5.41) is 11.1. The van der Waals surface area contributed by atoms with Crippen molar-refractivity contribution in [3.63, 3.8) is 0 Å². The number of pyridine rings is 1. The smallest absolute Gasteiger partial charge is 0.144 e. The Hall–Kier alpha value is -1.62. The van der Waals surface area contributed by atoms with E-state index >= 15 is 0 Å². The molecule has 2 aromatic heterocycles. The molecule has 0 amide bonds. The molecule has 2 heterocycles. The maximum atomic E-state index is 13.4. The summed E-state index contributed by atoms with van der Waals surface area (Å²) in [6.07, 6.45) is 3.90. The molecule has 6 heteroatoms. The summed E-state index contributed by atoms with van der Waals surface area (Å²) in [7, 11) is 0. The van der Waals surface area contributed by atoms with Gasteiger partial charge >= 0.3 is 0 Å². The molecule has 0 saturated carbocycles. The van der Waals surface area contributed by atoms with Crippen molar-refractivity contribution in [2.45, 2.75) is 6.10 Å². The number of aromatic nitrogens is 2. The third-order valence-electron chi connectivity index (χ3n) is 3.07. The molecule has 0 aliphatic rings. The van der Waals surface area contributed by atoms with Gasteiger partial charge in [0.2, 0.25) is 0 Å². The summed E-state index contributed by atoms with van der Waals surface area (Å²) < 4.78 is 15.1. The third kappa shape index (κ3) is 2.16. The average molecular weight is 311 g/mol. The molecule has 102 valence electrons. The highest BCUT2D eigenvalue weighted by atomic mass is 35.5. The van der Waals surface area contributed by atoms with Gasteiger partial charge in [0.1, 0.15) is 17.6 Å². The summed E-state index contributed by atoms with van der Waals surface area (Å²) in [4.78, 5) is 4.16. The number of halogens is 3. The number of hydrogen-bond acceptors (Lipinski definition) is 2. The van der Waals surface area contributed by atoms with Gasteiger partial charge in [0.15, 0.2) is 0 Å². The summed E-state index contributed by atoms with van der Waals surface area (Å²) in [5.74, 6) is -0.477. The number of hydrogen-bond donors (Lipinski definition) is 1. The molecule has 0 fully saturated rings. The van der Waals surface area contributed by atoms with E-state index in [1.165, 1.54) is 18.2 Å².